The van der Waals surface area contributed by atoms with Gasteiger partial charge >= 0.3 is 0 Å². The molecule has 0 aliphatic carbocycles. The molecule has 0 heterocycles. The van der Waals surface area contributed by atoms with E-state index in [9.17, 15) is 23.7 Å². The minimum absolute atomic E-state index is 0.0592. The number of halogens is 2. The zero-order chi connectivity index (χ0) is 19.3. The highest BCUT2D eigenvalue weighted by molar-refractivity contribution is 5.93. The van der Waals surface area contributed by atoms with Gasteiger partial charge in [-0.2, -0.15) is 0 Å². The Morgan fingerprint density at radius 3 is 2.38 bits per heavy atom. The number of nitro groups is 1. The molecular formula is C18H19F2N3O3. The van der Waals surface area contributed by atoms with Crippen LogP contribution < -0.4 is 5.32 Å². The number of hydrogen-bond acceptors (Lipinski definition) is 4. The van der Waals surface area contributed by atoms with Gasteiger partial charge in [0.2, 0.25) is 5.91 Å². The van der Waals surface area contributed by atoms with Gasteiger partial charge < -0.3 is 5.32 Å². The summed E-state index contributed by atoms with van der Waals surface area (Å²) >= 11 is 0. The fraction of sp³-hybridized carbons (Fsp3) is 0.278. The second-order valence-corrected chi connectivity index (χ2v) is 5.76. The Morgan fingerprint density at radius 2 is 1.81 bits per heavy atom. The van der Waals surface area contributed by atoms with E-state index in [4.69, 9.17) is 0 Å². The van der Waals surface area contributed by atoms with Crippen LogP contribution in [-0.2, 0) is 11.3 Å². The normalized spacial score (nSPS) is 10.8. The molecule has 0 aliphatic heterocycles. The first-order valence-electron chi connectivity index (χ1n) is 8.02. The molecule has 0 bridgehead atoms. The van der Waals surface area contributed by atoms with E-state index in [1.807, 2.05) is 0 Å². The first-order chi connectivity index (χ1) is 12.3. The lowest BCUT2D eigenvalue weighted by atomic mass is 10.1. The summed E-state index contributed by atoms with van der Waals surface area (Å²) in [5.74, 6) is -1.76. The van der Waals surface area contributed by atoms with Crippen molar-refractivity contribution in [3.63, 3.8) is 0 Å². The number of nitrogens with zero attached hydrogens (tertiary/aromatic N) is 2. The monoisotopic (exact) mass is 363 g/mol. The van der Waals surface area contributed by atoms with E-state index in [2.05, 4.69) is 5.32 Å². The van der Waals surface area contributed by atoms with Crippen LogP contribution >= 0.6 is 0 Å². The first kappa shape index (κ1) is 19.5. The smallest absolute Gasteiger partial charge is 0.274 e. The molecule has 0 aromatic heterocycles. The molecular weight excluding hydrogens is 344 g/mol. The molecule has 0 radical (unpaired) electrons. The number of carbonyl (C=O) groups is 1. The third-order valence-electron chi connectivity index (χ3n) is 4.03. The molecule has 2 aromatic carbocycles. The summed E-state index contributed by atoms with van der Waals surface area (Å²) in [5.41, 5.74) is 0.476. The van der Waals surface area contributed by atoms with Crippen molar-refractivity contribution in [2.45, 2.75) is 20.4 Å². The van der Waals surface area contributed by atoms with Crippen LogP contribution in [0.5, 0.6) is 0 Å². The van der Waals surface area contributed by atoms with Gasteiger partial charge in [0.1, 0.15) is 11.6 Å². The van der Waals surface area contributed by atoms with E-state index in [1.54, 1.807) is 24.8 Å². The van der Waals surface area contributed by atoms with Crippen molar-refractivity contribution in [1.29, 1.82) is 0 Å². The van der Waals surface area contributed by atoms with Crippen LogP contribution in [0.15, 0.2) is 36.4 Å². The number of carbonyl (C=O) groups excluding carboxylic acids is 1. The van der Waals surface area contributed by atoms with Gasteiger partial charge in [-0.3, -0.25) is 19.8 Å². The summed E-state index contributed by atoms with van der Waals surface area (Å²) < 4.78 is 27.5. The number of benzene rings is 2. The van der Waals surface area contributed by atoms with Crippen molar-refractivity contribution in [3.05, 3.63) is 69.3 Å². The standard InChI is InChI=1S/C18H19F2N3O3/c1-3-22(10-13-14(19)6-4-7-15(13)20)11-18(24)21-16-8-5-9-17(12(16)2)23(25)26/h4-9H,3,10-11H2,1-2H3,(H,21,24). The number of nitrogens with one attached hydrogen (secondary N) is 1. The number of hydrogen-bond donors (Lipinski definition) is 1. The maximum Gasteiger partial charge on any atom is 0.274 e. The average molecular weight is 363 g/mol. The Labute approximate surface area is 149 Å². The molecule has 0 saturated carbocycles. The highest BCUT2D eigenvalue weighted by Gasteiger charge is 2.18. The summed E-state index contributed by atoms with van der Waals surface area (Å²) in [6.07, 6.45) is 0. The van der Waals surface area contributed by atoms with E-state index >= 15 is 0 Å². The van der Waals surface area contributed by atoms with Crippen LogP contribution in [0.2, 0.25) is 0 Å². The van der Waals surface area contributed by atoms with Gasteiger partial charge in [0.05, 0.1) is 22.7 Å². The van der Waals surface area contributed by atoms with E-state index in [1.165, 1.54) is 30.3 Å². The van der Waals surface area contributed by atoms with Crippen molar-refractivity contribution in [1.82, 2.24) is 4.90 Å². The van der Waals surface area contributed by atoms with E-state index in [-0.39, 0.29) is 24.3 Å². The van der Waals surface area contributed by atoms with Gasteiger partial charge in [0, 0.05) is 18.2 Å². The Kier molecular flexibility index (Phi) is 6.35. The third kappa shape index (κ3) is 4.60. The average Bonchev–Trinajstić information content (AvgIpc) is 2.58. The van der Waals surface area contributed by atoms with Crippen LogP contribution in [-0.4, -0.2) is 28.8 Å². The number of amides is 1. The molecule has 138 valence electrons. The van der Waals surface area contributed by atoms with Crippen molar-refractivity contribution >= 4 is 17.3 Å². The Morgan fingerprint density at radius 1 is 1.19 bits per heavy atom. The fourth-order valence-corrected chi connectivity index (χ4v) is 2.54. The van der Waals surface area contributed by atoms with Crippen molar-refractivity contribution in [3.8, 4) is 0 Å². The van der Waals surface area contributed by atoms with Crippen molar-refractivity contribution in [2.24, 2.45) is 0 Å². The molecule has 1 amide bonds. The van der Waals surface area contributed by atoms with Crippen molar-refractivity contribution in [2.75, 3.05) is 18.4 Å². The van der Waals surface area contributed by atoms with Gasteiger partial charge in [0.15, 0.2) is 0 Å². The lowest BCUT2D eigenvalue weighted by Gasteiger charge is -2.20. The number of nitro benzene ring substituents is 1. The molecule has 8 heteroatoms. The Bertz CT molecular complexity index is 807. The molecule has 26 heavy (non-hydrogen) atoms. The molecule has 0 unspecified atom stereocenters. The lowest BCUT2D eigenvalue weighted by Crippen LogP contribution is -2.33. The predicted octanol–water partition coefficient (Wildman–Crippen LogP) is 3.64. The maximum atomic E-state index is 13.8. The molecule has 0 atom stereocenters. The van der Waals surface area contributed by atoms with Crippen LogP contribution in [0.25, 0.3) is 0 Å². The van der Waals surface area contributed by atoms with Crippen molar-refractivity contribution < 1.29 is 18.5 Å². The number of rotatable bonds is 7. The zero-order valence-corrected chi connectivity index (χ0v) is 14.5. The SMILES string of the molecule is CCN(CC(=O)Nc1cccc([N+](=O)[O-])c1C)Cc1c(F)cccc1F. The molecule has 0 saturated heterocycles. The molecule has 0 spiro atoms. The largest absolute Gasteiger partial charge is 0.324 e. The van der Waals surface area contributed by atoms with Crippen LogP contribution in [0.3, 0.4) is 0 Å². The topological polar surface area (TPSA) is 75.5 Å². The van der Waals surface area contributed by atoms with Gasteiger partial charge in [-0.05, 0) is 31.7 Å². The van der Waals surface area contributed by atoms with E-state index in [0.29, 0.717) is 17.8 Å². The first-order valence-corrected chi connectivity index (χ1v) is 8.02. The van der Waals surface area contributed by atoms with Gasteiger partial charge in [-0.1, -0.05) is 19.1 Å². The summed E-state index contributed by atoms with van der Waals surface area (Å²) in [7, 11) is 0. The van der Waals surface area contributed by atoms with Gasteiger partial charge in [-0.25, -0.2) is 8.78 Å². The minimum Gasteiger partial charge on any atom is -0.324 e. The molecule has 2 rings (SSSR count). The quantitative estimate of drug-likeness (QED) is 0.602. The minimum atomic E-state index is -0.668. The fourth-order valence-electron chi connectivity index (χ4n) is 2.54. The lowest BCUT2D eigenvalue weighted by molar-refractivity contribution is -0.385. The van der Waals surface area contributed by atoms with E-state index < -0.39 is 22.5 Å². The summed E-state index contributed by atoms with van der Waals surface area (Å²) in [6.45, 7) is 3.54. The molecule has 6 nitrogen and oxygen atoms in total. The highest BCUT2D eigenvalue weighted by atomic mass is 19.1. The van der Waals surface area contributed by atoms with Gasteiger partial charge in [0.25, 0.3) is 5.69 Å². The zero-order valence-electron chi connectivity index (χ0n) is 14.5. The second-order valence-electron chi connectivity index (χ2n) is 5.76. The summed E-state index contributed by atoms with van der Waals surface area (Å²) in [4.78, 5) is 24.3. The van der Waals surface area contributed by atoms with Crippen LogP contribution in [0, 0.1) is 28.7 Å². The predicted molar refractivity (Wildman–Crippen MR) is 93.8 cm³/mol. The Hall–Kier alpha value is -2.87. The highest BCUT2D eigenvalue weighted by Crippen LogP contribution is 2.25. The molecule has 0 aliphatic rings. The molecule has 1 N–H and O–H groups in total. The van der Waals surface area contributed by atoms with Crippen LogP contribution in [0.1, 0.15) is 18.1 Å². The molecule has 0 fully saturated rings. The molecule has 2 aromatic rings. The number of likely N-dealkylation sites (N-methyl/N-ethyl adjacent to an activating group) is 1. The maximum absolute atomic E-state index is 13.8. The third-order valence-corrected chi connectivity index (χ3v) is 4.03. The van der Waals surface area contributed by atoms with Gasteiger partial charge in [-0.15, -0.1) is 0 Å². The summed E-state index contributed by atoms with van der Waals surface area (Å²) in [6, 6.07) is 8.00. The second kappa shape index (κ2) is 8.48. The summed E-state index contributed by atoms with van der Waals surface area (Å²) in [5, 5.41) is 13.6. The van der Waals surface area contributed by atoms with E-state index in [0.717, 1.165) is 0 Å². The number of anilines is 1. The van der Waals surface area contributed by atoms with Crippen LogP contribution in [0.4, 0.5) is 20.2 Å². The Balaban J connectivity index is 2.08.